The molecule has 0 saturated carbocycles. The van der Waals surface area contributed by atoms with Gasteiger partial charge in [-0.3, -0.25) is 0 Å². The zero-order valence-corrected chi connectivity index (χ0v) is 10.8. The Hall–Kier alpha value is -0.640. The van der Waals surface area contributed by atoms with Crippen LogP contribution in [0.4, 0.5) is 0 Å². The average molecular weight is 240 g/mol. The molecule has 0 aliphatic carbocycles. The lowest BCUT2D eigenvalue weighted by Gasteiger charge is -2.35. The molecule has 0 aromatic carbocycles. The number of ether oxygens (including phenoxy) is 3. The summed E-state index contributed by atoms with van der Waals surface area (Å²) in [4.78, 5) is 0. The lowest BCUT2D eigenvalue weighted by atomic mass is 10.1. The molecule has 3 nitrogen and oxygen atoms in total. The third-order valence-electron chi connectivity index (χ3n) is 2.75. The number of hydrogen-bond donors (Lipinski definition) is 0. The lowest BCUT2D eigenvalue weighted by Crippen LogP contribution is -2.39. The Balaban J connectivity index is 2.42. The van der Waals surface area contributed by atoms with Crippen molar-refractivity contribution in [3.05, 3.63) is 25.3 Å². The fourth-order valence-corrected chi connectivity index (χ4v) is 1.91. The first-order chi connectivity index (χ1) is 8.30. The normalized spacial score (nSPS) is 28.9. The van der Waals surface area contributed by atoms with Crippen LogP contribution in [0.2, 0.25) is 0 Å². The standard InChI is InChI=1S/C14H24O3/c1-4-7-9-12-11-14(15-6-3)17-13(16-12)10-8-5-2/h4-5,12-14H,1-2,6-11H2,3H3/t12-,13-,14-/m0/s1. The Morgan fingerprint density at radius 2 is 1.88 bits per heavy atom. The molecule has 3 heteroatoms. The van der Waals surface area contributed by atoms with E-state index >= 15 is 0 Å². The minimum absolute atomic E-state index is 0.126. The van der Waals surface area contributed by atoms with Crippen LogP contribution in [-0.4, -0.2) is 25.3 Å². The summed E-state index contributed by atoms with van der Waals surface area (Å²) in [5.74, 6) is 0. The first-order valence-corrected chi connectivity index (χ1v) is 6.44. The Morgan fingerprint density at radius 3 is 2.53 bits per heavy atom. The summed E-state index contributed by atoms with van der Waals surface area (Å²) in [6.45, 7) is 10.1. The highest BCUT2D eigenvalue weighted by molar-refractivity contribution is 4.75. The van der Waals surface area contributed by atoms with Crippen LogP contribution in [-0.2, 0) is 14.2 Å². The van der Waals surface area contributed by atoms with Gasteiger partial charge in [0.25, 0.3) is 0 Å². The van der Waals surface area contributed by atoms with Gasteiger partial charge in [-0.15, -0.1) is 13.2 Å². The molecule has 1 rings (SSSR count). The lowest BCUT2D eigenvalue weighted by molar-refractivity contribution is -0.307. The molecule has 0 amide bonds. The maximum Gasteiger partial charge on any atom is 0.163 e. The third kappa shape index (κ3) is 5.48. The Morgan fingerprint density at radius 1 is 1.18 bits per heavy atom. The molecular weight excluding hydrogens is 216 g/mol. The van der Waals surface area contributed by atoms with Crippen molar-refractivity contribution in [2.24, 2.45) is 0 Å². The van der Waals surface area contributed by atoms with Gasteiger partial charge in [-0.1, -0.05) is 12.2 Å². The van der Waals surface area contributed by atoms with Crippen LogP contribution < -0.4 is 0 Å². The molecule has 0 unspecified atom stereocenters. The van der Waals surface area contributed by atoms with Crippen molar-refractivity contribution in [2.75, 3.05) is 6.61 Å². The molecule has 0 aromatic rings. The van der Waals surface area contributed by atoms with Gasteiger partial charge in [0.15, 0.2) is 12.6 Å². The summed E-state index contributed by atoms with van der Waals surface area (Å²) < 4.78 is 17.1. The zero-order valence-electron chi connectivity index (χ0n) is 10.8. The molecule has 1 aliphatic heterocycles. The van der Waals surface area contributed by atoms with Crippen molar-refractivity contribution in [3.8, 4) is 0 Å². The van der Waals surface area contributed by atoms with Crippen LogP contribution in [0.15, 0.2) is 25.3 Å². The molecule has 1 heterocycles. The minimum Gasteiger partial charge on any atom is -0.353 e. The second-order valence-electron chi connectivity index (χ2n) is 4.18. The van der Waals surface area contributed by atoms with Gasteiger partial charge in [0, 0.05) is 19.4 Å². The molecule has 17 heavy (non-hydrogen) atoms. The fraction of sp³-hybridized carbons (Fsp3) is 0.714. The van der Waals surface area contributed by atoms with Crippen molar-refractivity contribution < 1.29 is 14.2 Å². The molecule has 0 spiro atoms. The van der Waals surface area contributed by atoms with E-state index in [-0.39, 0.29) is 18.7 Å². The van der Waals surface area contributed by atoms with Crippen LogP contribution in [0.25, 0.3) is 0 Å². The Bertz CT molecular complexity index is 208. The molecule has 98 valence electrons. The van der Waals surface area contributed by atoms with E-state index in [1.54, 1.807) is 0 Å². The summed E-state index contributed by atoms with van der Waals surface area (Å²) in [6.07, 6.45) is 8.25. The third-order valence-corrected chi connectivity index (χ3v) is 2.75. The van der Waals surface area contributed by atoms with Gasteiger partial charge >= 0.3 is 0 Å². The van der Waals surface area contributed by atoms with E-state index in [9.17, 15) is 0 Å². The first kappa shape index (κ1) is 14.4. The molecule has 1 aliphatic rings. The summed E-state index contributed by atoms with van der Waals surface area (Å²) in [7, 11) is 0. The van der Waals surface area contributed by atoms with E-state index in [0.717, 1.165) is 32.1 Å². The summed E-state index contributed by atoms with van der Waals surface area (Å²) in [5, 5.41) is 0. The molecule has 1 fully saturated rings. The van der Waals surface area contributed by atoms with Crippen molar-refractivity contribution in [3.63, 3.8) is 0 Å². The minimum atomic E-state index is -0.159. The predicted octanol–water partition coefficient (Wildman–Crippen LogP) is 3.41. The highest BCUT2D eigenvalue weighted by Gasteiger charge is 2.29. The van der Waals surface area contributed by atoms with E-state index in [4.69, 9.17) is 14.2 Å². The highest BCUT2D eigenvalue weighted by Crippen LogP contribution is 2.25. The summed E-state index contributed by atoms with van der Waals surface area (Å²) in [6, 6.07) is 0. The Labute approximate surface area is 104 Å². The maximum absolute atomic E-state index is 5.87. The second-order valence-corrected chi connectivity index (χ2v) is 4.18. The monoisotopic (exact) mass is 240 g/mol. The smallest absolute Gasteiger partial charge is 0.163 e. The summed E-state index contributed by atoms with van der Waals surface area (Å²) in [5.41, 5.74) is 0. The van der Waals surface area contributed by atoms with Crippen molar-refractivity contribution in [2.45, 2.75) is 57.7 Å². The summed E-state index contributed by atoms with van der Waals surface area (Å²) >= 11 is 0. The van der Waals surface area contributed by atoms with Crippen LogP contribution in [0.1, 0.15) is 39.0 Å². The number of hydrogen-bond acceptors (Lipinski definition) is 3. The van der Waals surface area contributed by atoms with Crippen LogP contribution in [0, 0.1) is 0 Å². The van der Waals surface area contributed by atoms with Crippen molar-refractivity contribution >= 4 is 0 Å². The van der Waals surface area contributed by atoms with Gasteiger partial charge in [0.05, 0.1) is 6.10 Å². The zero-order chi connectivity index (χ0) is 12.5. The predicted molar refractivity (Wildman–Crippen MR) is 68.6 cm³/mol. The quantitative estimate of drug-likeness (QED) is 0.608. The van der Waals surface area contributed by atoms with Gasteiger partial charge in [-0.05, 0) is 26.2 Å². The second kappa shape index (κ2) is 8.45. The van der Waals surface area contributed by atoms with E-state index in [2.05, 4.69) is 13.2 Å². The molecule has 0 radical (unpaired) electrons. The van der Waals surface area contributed by atoms with E-state index in [1.165, 1.54) is 0 Å². The molecule has 0 N–H and O–H groups in total. The average Bonchev–Trinajstić information content (AvgIpc) is 2.34. The van der Waals surface area contributed by atoms with E-state index in [0.29, 0.717) is 6.61 Å². The molecular formula is C14H24O3. The topological polar surface area (TPSA) is 27.7 Å². The molecule has 3 atom stereocenters. The van der Waals surface area contributed by atoms with Crippen LogP contribution in [0.3, 0.4) is 0 Å². The SMILES string of the molecule is C=CCC[C@H]1C[C@@H](OCC)O[C@@H](CCC=C)O1. The van der Waals surface area contributed by atoms with Gasteiger partial charge in [-0.25, -0.2) is 0 Å². The van der Waals surface area contributed by atoms with Crippen molar-refractivity contribution in [1.29, 1.82) is 0 Å². The largest absolute Gasteiger partial charge is 0.353 e. The molecule has 1 saturated heterocycles. The van der Waals surface area contributed by atoms with Gasteiger partial charge in [0.1, 0.15) is 0 Å². The van der Waals surface area contributed by atoms with Crippen LogP contribution >= 0.6 is 0 Å². The molecule has 0 bridgehead atoms. The van der Waals surface area contributed by atoms with Gasteiger partial charge < -0.3 is 14.2 Å². The highest BCUT2D eigenvalue weighted by atomic mass is 16.8. The molecule has 0 aromatic heterocycles. The number of rotatable bonds is 8. The van der Waals surface area contributed by atoms with Crippen molar-refractivity contribution in [1.82, 2.24) is 0 Å². The maximum atomic E-state index is 5.87. The van der Waals surface area contributed by atoms with Gasteiger partial charge in [0.2, 0.25) is 0 Å². The van der Waals surface area contributed by atoms with Gasteiger partial charge in [-0.2, -0.15) is 0 Å². The Kier molecular flexibility index (Phi) is 7.17. The van der Waals surface area contributed by atoms with Crippen LogP contribution in [0.5, 0.6) is 0 Å². The van der Waals surface area contributed by atoms with E-state index < -0.39 is 0 Å². The number of allylic oxidation sites excluding steroid dienone is 2. The van der Waals surface area contributed by atoms with E-state index in [1.807, 2.05) is 19.1 Å². The first-order valence-electron chi connectivity index (χ1n) is 6.44. The fourth-order valence-electron chi connectivity index (χ4n) is 1.91.